The van der Waals surface area contributed by atoms with Crippen LogP contribution in [-0.4, -0.2) is 17.0 Å². The van der Waals surface area contributed by atoms with Gasteiger partial charge in [0.25, 0.3) is 5.91 Å². The fourth-order valence-corrected chi connectivity index (χ4v) is 1.95. The lowest BCUT2D eigenvalue weighted by atomic mass is 10.3. The van der Waals surface area contributed by atoms with Crippen LogP contribution < -0.4 is 10.2 Å². The SMILES string of the molecule is CCCNC(=O)c1sc(=O)n(C)c1C. The van der Waals surface area contributed by atoms with Crippen molar-refractivity contribution in [1.29, 1.82) is 0 Å². The smallest absolute Gasteiger partial charge is 0.307 e. The Kier molecular flexibility index (Phi) is 3.46. The first kappa shape index (κ1) is 11.0. The van der Waals surface area contributed by atoms with Crippen molar-refractivity contribution in [2.24, 2.45) is 7.05 Å². The van der Waals surface area contributed by atoms with E-state index in [4.69, 9.17) is 0 Å². The summed E-state index contributed by atoms with van der Waals surface area (Å²) in [6.07, 6.45) is 0.895. The van der Waals surface area contributed by atoms with Gasteiger partial charge in [-0.05, 0) is 13.3 Å². The van der Waals surface area contributed by atoms with E-state index < -0.39 is 0 Å². The van der Waals surface area contributed by atoms with Gasteiger partial charge in [0, 0.05) is 19.3 Å². The van der Waals surface area contributed by atoms with Crippen LogP contribution in [0.2, 0.25) is 0 Å². The van der Waals surface area contributed by atoms with Crippen LogP contribution in [0.1, 0.15) is 28.7 Å². The molecule has 4 nitrogen and oxygen atoms in total. The second-order valence-corrected chi connectivity index (χ2v) is 4.06. The van der Waals surface area contributed by atoms with Gasteiger partial charge >= 0.3 is 4.87 Å². The van der Waals surface area contributed by atoms with E-state index >= 15 is 0 Å². The standard InChI is InChI=1S/C9H14N2O2S/c1-4-5-10-8(12)7-6(2)11(3)9(13)14-7/h4-5H2,1-3H3,(H,10,12). The van der Waals surface area contributed by atoms with Gasteiger partial charge in [-0.15, -0.1) is 0 Å². The van der Waals surface area contributed by atoms with Crippen LogP contribution >= 0.6 is 11.3 Å². The molecule has 0 aliphatic carbocycles. The molecule has 1 heterocycles. The van der Waals surface area contributed by atoms with Crippen LogP contribution in [-0.2, 0) is 7.05 Å². The van der Waals surface area contributed by atoms with Crippen molar-refractivity contribution in [3.05, 3.63) is 20.2 Å². The molecule has 0 atom stereocenters. The summed E-state index contributed by atoms with van der Waals surface area (Å²) >= 11 is 0.995. The lowest BCUT2D eigenvalue weighted by Crippen LogP contribution is -2.23. The van der Waals surface area contributed by atoms with Crippen molar-refractivity contribution in [2.75, 3.05) is 6.54 Å². The van der Waals surface area contributed by atoms with Crippen molar-refractivity contribution in [1.82, 2.24) is 9.88 Å². The lowest BCUT2D eigenvalue weighted by molar-refractivity contribution is 0.0956. The summed E-state index contributed by atoms with van der Waals surface area (Å²) in [5.41, 5.74) is 0.730. The predicted molar refractivity (Wildman–Crippen MR) is 56.9 cm³/mol. The van der Waals surface area contributed by atoms with Gasteiger partial charge < -0.3 is 9.88 Å². The number of hydrogen-bond acceptors (Lipinski definition) is 3. The van der Waals surface area contributed by atoms with Crippen LogP contribution in [0.4, 0.5) is 0 Å². The molecule has 0 aliphatic heterocycles. The van der Waals surface area contributed by atoms with E-state index in [2.05, 4.69) is 5.32 Å². The summed E-state index contributed by atoms with van der Waals surface area (Å²) in [6.45, 7) is 4.41. The number of nitrogens with one attached hydrogen (secondary N) is 1. The first-order valence-corrected chi connectivity index (χ1v) is 5.34. The molecule has 0 spiro atoms. The first-order chi connectivity index (χ1) is 6.57. The Morgan fingerprint density at radius 3 is 2.64 bits per heavy atom. The summed E-state index contributed by atoms with van der Waals surface area (Å²) in [5, 5.41) is 2.75. The van der Waals surface area contributed by atoms with Gasteiger partial charge in [0.05, 0.1) is 0 Å². The lowest BCUT2D eigenvalue weighted by Gasteiger charge is -2.01. The fourth-order valence-electron chi connectivity index (χ4n) is 1.05. The number of nitrogens with zero attached hydrogens (tertiary/aromatic N) is 1. The van der Waals surface area contributed by atoms with E-state index in [1.54, 1.807) is 14.0 Å². The van der Waals surface area contributed by atoms with E-state index in [1.165, 1.54) is 4.57 Å². The average molecular weight is 214 g/mol. The molecule has 5 heteroatoms. The molecule has 78 valence electrons. The summed E-state index contributed by atoms with van der Waals surface area (Å²) in [7, 11) is 1.67. The topological polar surface area (TPSA) is 51.1 Å². The second kappa shape index (κ2) is 4.41. The van der Waals surface area contributed by atoms with Gasteiger partial charge in [0.1, 0.15) is 4.88 Å². The largest absolute Gasteiger partial charge is 0.351 e. The maximum Gasteiger partial charge on any atom is 0.307 e. The number of carbonyl (C=O) groups is 1. The number of thiazole rings is 1. The van der Waals surface area contributed by atoms with Crippen LogP contribution in [0.5, 0.6) is 0 Å². The highest BCUT2D eigenvalue weighted by molar-refractivity contribution is 7.11. The molecule has 0 bridgehead atoms. The number of rotatable bonds is 3. The zero-order valence-corrected chi connectivity index (χ0v) is 9.40. The Bertz CT molecular complexity index is 392. The molecule has 14 heavy (non-hydrogen) atoms. The van der Waals surface area contributed by atoms with Gasteiger partial charge in [-0.3, -0.25) is 9.59 Å². The summed E-state index contributed by atoms with van der Waals surface area (Å²) in [6, 6.07) is 0. The minimum Gasteiger partial charge on any atom is -0.351 e. The number of carbonyl (C=O) groups excluding carboxylic acids is 1. The number of hydrogen-bond donors (Lipinski definition) is 1. The summed E-state index contributed by atoms with van der Waals surface area (Å²) in [4.78, 5) is 23.2. The molecule has 1 aromatic heterocycles. The molecule has 0 aliphatic rings. The van der Waals surface area contributed by atoms with E-state index in [0.29, 0.717) is 11.4 Å². The van der Waals surface area contributed by atoms with E-state index in [0.717, 1.165) is 23.5 Å². The van der Waals surface area contributed by atoms with Crippen molar-refractivity contribution < 1.29 is 4.79 Å². The highest BCUT2D eigenvalue weighted by Gasteiger charge is 2.14. The molecule has 1 amide bonds. The third-order valence-electron chi connectivity index (χ3n) is 2.04. The van der Waals surface area contributed by atoms with E-state index in [1.807, 2.05) is 6.92 Å². The van der Waals surface area contributed by atoms with Gasteiger partial charge in [0.15, 0.2) is 0 Å². The molecule has 0 saturated carbocycles. The Hall–Kier alpha value is -1.10. The van der Waals surface area contributed by atoms with Crippen LogP contribution in [0, 0.1) is 6.92 Å². The van der Waals surface area contributed by atoms with E-state index in [9.17, 15) is 9.59 Å². The minimum absolute atomic E-state index is 0.0934. The second-order valence-electron chi connectivity index (χ2n) is 3.10. The average Bonchev–Trinajstić information content (AvgIpc) is 2.42. The molecule has 0 fully saturated rings. The maximum atomic E-state index is 11.5. The van der Waals surface area contributed by atoms with Crippen molar-refractivity contribution >= 4 is 17.2 Å². The Morgan fingerprint density at radius 2 is 2.21 bits per heavy atom. The van der Waals surface area contributed by atoms with Crippen molar-refractivity contribution in [2.45, 2.75) is 20.3 Å². The van der Waals surface area contributed by atoms with Gasteiger partial charge in [-0.1, -0.05) is 18.3 Å². The molecular weight excluding hydrogens is 200 g/mol. The van der Waals surface area contributed by atoms with Crippen LogP contribution in [0.3, 0.4) is 0 Å². The maximum absolute atomic E-state index is 11.5. The van der Waals surface area contributed by atoms with Gasteiger partial charge in [-0.25, -0.2) is 0 Å². The molecule has 0 radical (unpaired) electrons. The Labute approximate surface area is 86.6 Å². The quantitative estimate of drug-likeness (QED) is 0.812. The van der Waals surface area contributed by atoms with Crippen LogP contribution in [0.25, 0.3) is 0 Å². The molecule has 0 aromatic carbocycles. The molecule has 0 unspecified atom stereocenters. The van der Waals surface area contributed by atoms with Crippen molar-refractivity contribution in [3.8, 4) is 0 Å². The zero-order valence-electron chi connectivity index (χ0n) is 8.59. The molecule has 1 rings (SSSR count). The zero-order chi connectivity index (χ0) is 10.7. The third-order valence-corrected chi connectivity index (χ3v) is 3.17. The van der Waals surface area contributed by atoms with Gasteiger partial charge in [-0.2, -0.15) is 0 Å². The monoisotopic (exact) mass is 214 g/mol. The number of amides is 1. The first-order valence-electron chi connectivity index (χ1n) is 4.52. The van der Waals surface area contributed by atoms with Gasteiger partial charge in [0.2, 0.25) is 0 Å². The Balaban J connectivity index is 2.91. The van der Waals surface area contributed by atoms with E-state index in [-0.39, 0.29) is 10.8 Å². The molecular formula is C9H14N2O2S. The fraction of sp³-hybridized carbons (Fsp3) is 0.556. The molecule has 0 saturated heterocycles. The van der Waals surface area contributed by atoms with Crippen LogP contribution in [0.15, 0.2) is 4.79 Å². The highest BCUT2D eigenvalue weighted by Crippen LogP contribution is 2.09. The van der Waals surface area contributed by atoms with Crippen molar-refractivity contribution in [3.63, 3.8) is 0 Å². The number of aromatic nitrogens is 1. The summed E-state index contributed by atoms with van der Waals surface area (Å²) < 4.78 is 1.49. The Morgan fingerprint density at radius 1 is 1.57 bits per heavy atom. The highest BCUT2D eigenvalue weighted by atomic mass is 32.1. The molecule has 1 aromatic rings. The third kappa shape index (κ3) is 2.04. The summed E-state index contributed by atoms with van der Waals surface area (Å²) in [5.74, 6) is -0.146. The normalized spacial score (nSPS) is 10.2. The minimum atomic E-state index is -0.146. The molecule has 1 N–H and O–H groups in total. The predicted octanol–water partition coefficient (Wildman–Crippen LogP) is 0.895.